The number of hydrogen-bond acceptors (Lipinski definition) is 4. The number of nitrogen functional groups attached to an aromatic ring is 1. The summed E-state index contributed by atoms with van der Waals surface area (Å²) in [6.45, 7) is 3.59. The third kappa shape index (κ3) is 2.06. The van der Waals surface area contributed by atoms with Gasteiger partial charge in [0.05, 0.1) is 6.54 Å². The van der Waals surface area contributed by atoms with Crippen LogP contribution in [0.25, 0.3) is 0 Å². The molecule has 0 radical (unpaired) electrons. The molecule has 5 nitrogen and oxygen atoms in total. The van der Waals surface area contributed by atoms with Crippen molar-refractivity contribution in [1.82, 2.24) is 4.90 Å². The van der Waals surface area contributed by atoms with Gasteiger partial charge in [-0.05, 0) is 25.5 Å². The summed E-state index contributed by atoms with van der Waals surface area (Å²) in [5.41, 5.74) is 6.30. The molecule has 1 aliphatic heterocycles. The summed E-state index contributed by atoms with van der Waals surface area (Å²) in [7, 11) is 0. The third-order valence-corrected chi connectivity index (χ3v) is 2.90. The fraction of sp³-hybridized carbons (Fsp3) is 0.417. The van der Waals surface area contributed by atoms with Crippen molar-refractivity contribution in [2.75, 3.05) is 5.73 Å². The van der Waals surface area contributed by atoms with Gasteiger partial charge in [0.2, 0.25) is 0 Å². The predicted octanol–water partition coefficient (Wildman–Crippen LogP) is 1.32. The Morgan fingerprint density at radius 1 is 1.47 bits per heavy atom. The molecule has 1 saturated heterocycles. The van der Waals surface area contributed by atoms with Gasteiger partial charge in [-0.15, -0.1) is 0 Å². The van der Waals surface area contributed by atoms with Crippen molar-refractivity contribution in [2.45, 2.75) is 32.2 Å². The lowest BCUT2D eigenvalue weighted by atomic mass is 10.1. The van der Waals surface area contributed by atoms with Crippen LogP contribution in [0, 0.1) is 0 Å². The molecule has 1 unspecified atom stereocenters. The SMILES string of the molecule is CC1(C)OC(=O)N(Cc2ccccc2N)C1O. The second-order valence-electron chi connectivity index (χ2n) is 4.67. The number of amides is 1. The molecule has 1 aromatic carbocycles. The Kier molecular flexibility index (Phi) is 2.71. The molecule has 0 saturated carbocycles. The van der Waals surface area contributed by atoms with Gasteiger partial charge in [-0.25, -0.2) is 4.79 Å². The average molecular weight is 236 g/mol. The number of anilines is 1. The number of aliphatic hydroxyl groups excluding tert-OH is 1. The summed E-state index contributed by atoms with van der Waals surface area (Å²) in [4.78, 5) is 12.9. The number of nitrogens with two attached hydrogens (primary N) is 1. The smallest absolute Gasteiger partial charge is 0.412 e. The Morgan fingerprint density at radius 2 is 2.12 bits per heavy atom. The maximum absolute atomic E-state index is 11.6. The number of hydrogen-bond donors (Lipinski definition) is 2. The highest BCUT2D eigenvalue weighted by molar-refractivity contribution is 5.71. The van der Waals surface area contributed by atoms with E-state index in [2.05, 4.69) is 0 Å². The van der Waals surface area contributed by atoms with Crippen LogP contribution in [0.3, 0.4) is 0 Å². The van der Waals surface area contributed by atoms with Gasteiger partial charge in [-0.3, -0.25) is 4.90 Å². The Bertz CT molecular complexity index is 445. The molecule has 5 heteroatoms. The van der Waals surface area contributed by atoms with E-state index < -0.39 is 17.9 Å². The molecule has 92 valence electrons. The van der Waals surface area contributed by atoms with Crippen molar-refractivity contribution in [3.63, 3.8) is 0 Å². The molecule has 1 aromatic rings. The highest BCUT2D eigenvalue weighted by atomic mass is 16.6. The Balaban J connectivity index is 2.20. The first-order chi connectivity index (χ1) is 7.92. The van der Waals surface area contributed by atoms with Crippen molar-refractivity contribution < 1.29 is 14.6 Å². The van der Waals surface area contributed by atoms with Gasteiger partial charge in [-0.2, -0.15) is 0 Å². The molecule has 0 spiro atoms. The molecule has 1 heterocycles. The number of aliphatic hydroxyl groups is 1. The Labute approximate surface area is 99.8 Å². The first kappa shape index (κ1) is 11.7. The minimum atomic E-state index is -0.963. The van der Waals surface area contributed by atoms with Crippen LogP contribution in [0.5, 0.6) is 0 Å². The zero-order valence-corrected chi connectivity index (χ0v) is 9.88. The molecule has 1 atom stereocenters. The van der Waals surface area contributed by atoms with E-state index in [1.807, 2.05) is 18.2 Å². The predicted molar refractivity (Wildman–Crippen MR) is 63.0 cm³/mol. The van der Waals surface area contributed by atoms with Crippen LogP contribution < -0.4 is 5.73 Å². The van der Waals surface area contributed by atoms with Crippen LogP contribution in [-0.4, -0.2) is 27.9 Å². The number of rotatable bonds is 2. The zero-order chi connectivity index (χ0) is 12.6. The van der Waals surface area contributed by atoms with Crippen LogP contribution in [0.2, 0.25) is 0 Å². The van der Waals surface area contributed by atoms with Gasteiger partial charge >= 0.3 is 6.09 Å². The molecule has 0 aliphatic carbocycles. The third-order valence-electron chi connectivity index (χ3n) is 2.90. The molecular weight excluding hydrogens is 220 g/mol. The van der Waals surface area contributed by atoms with Crippen molar-refractivity contribution >= 4 is 11.8 Å². The quantitative estimate of drug-likeness (QED) is 0.759. The van der Waals surface area contributed by atoms with Crippen LogP contribution in [0.4, 0.5) is 10.5 Å². The van der Waals surface area contributed by atoms with E-state index in [0.717, 1.165) is 5.56 Å². The fourth-order valence-corrected chi connectivity index (χ4v) is 1.82. The normalized spacial score (nSPS) is 22.6. The lowest BCUT2D eigenvalue weighted by molar-refractivity contribution is -0.0407. The zero-order valence-electron chi connectivity index (χ0n) is 9.88. The number of ether oxygens (including phenoxy) is 1. The maximum Gasteiger partial charge on any atom is 0.412 e. The highest BCUT2D eigenvalue weighted by Gasteiger charge is 2.46. The average Bonchev–Trinajstić information content (AvgIpc) is 2.43. The fourth-order valence-electron chi connectivity index (χ4n) is 1.82. The lowest BCUT2D eigenvalue weighted by Gasteiger charge is -2.23. The second kappa shape index (κ2) is 3.92. The first-order valence-corrected chi connectivity index (χ1v) is 5.43. The minimum Gasteiger partial charge on any atom is -0.439 e. The second-order valence-corrected chi connectivity index (χ2v) is 4.67. The molecule has 3 N–H and O–H groups in total. The van der Waals surface area contributed by atoms with E-state index in [1.165, 1.54) is 4.90 Å². The number of carbonyl (C=O) groups is 1. The minimum absolute atomic E-state index is 0.246. The van der Waals surface area contributed by atoms with Crippen molar-refractivity contribution in [3.8, 4) is 0 Å². The van der Waals surface area contributed by atoms with Gasteiger partial charge in [-0.1, -0.05) is 18.2 Å². The Hall–Kier alpha value is -1.75. The summed E-state index contributed by atoms with van der Waals surface area (Å²) in [6.07, 6.45) is -1.49. The van der Waals surface area contributed by atoms with Crippen LogP contribution in [0.15, 0.2) is 24.3 Å². The molecule has 2 rings (SSSR count). The van der Waals surface area contributed by atoms with E-state index >= 15 is 0 Å². The van der Waals surface area contributed by atoms with Crippen molar-refractivity contribution in [3.05, 3.63) is 29.8 Å². The van der Waals surface area contributed by atoms with E-state index in [0.29, 0.717) is 5.69 Å². The molecule has 1 fully saturated rings. The molecule has 1 amide bonds. The summed E-state index contributed by atoms with van der Waals surface area (Å²) >= 11 is 0. The number of cyclic esters (lactones) is 1. The van der Waals surface area contributed by atoms with Crippen LogP contribution in [0.1, 0.15) is 19.4 Å². The van der Waals surface area contributed by atoms with Crippen LogP contribution >= 0.6 is 0 Å². The lowest BCUT2D eigenvalue weighted by Crippen LogP contribution is -2.41. The molecule has 0 bridgehead atoms. The van der Waals surface area contributed by atoms with E-state index in [1.54, 1.807) is 19.9 Å². The van der Waals surface area contributed by atoms with Gasteiger partial charge in [0.1, 0.15) is 0 Å². The number of para-hydroxylation sites is 1. The number of carbonyl (C=O) groups excluding carboxylic acids is 1. The first-order valence-electron chi connectivity index (χ1n) is 5.43. The van der Waals surface area contributed by atoms with E-state index in [9.17, 15) is 9.90 Å². The summed E-state index contributed by atoms with van der Waals surface area (Å²) in [5.74, 6) is 0. The van der Waals surface area contributed by atoms with E-state index in [4.69, 9.17) is 10.5 Å². The highest BCUT2D eigenvalue weighted by Crippen LogP contribution is 2.29. The Morgan fingerprint density at radius 3 is 2.65 bits per heavy atom. The summed E-state index contributed by atoms with van der Waals surface area (Å²) in [6, 6.07) is 7.24. The topological polar surface area (TPSA) is 75.8 Å². The summed E-state index contributed by atoms with van der Waals surface area (Å²) in [5, 5.41) is 9.98. The maximum atomic E-state index is 11.6. The monoisotopic (exact) mass is 236 g/mol. The largest absolute Gasteiger partial charge is 0.439 e. The van der Waals surface area contributed by atoms with Gasteiger partial charge in [0, 0.05) is 5.69 Å². The molecule has 1 aliphatic rings. The standard InChI is InChI=1S/C12H16N2O3/c1-12(2)10(15)14(11(16)17-12)7-8-5-3-4-6-9(8)13/h3-6,10,15H,7,13H2,1-2H3. The molecule has 17 heavy (non-hydrogen) atoms. The molecule has 0 aromatic heterocycles. The summed E-state index contributed by atoms with van der Waals surface area (Å²) < 4.78 is 5.08. The molecular formula is C12H16N2O3. The van der Waals surface area contributed by atoms with Gasteiger partial charge < -0.3 is 15.6 Å². The van der Waals surface area contributed by atoms with Gasteiger partial charge in [0.15, 0.2) is 11.8 Å². The number of benzene rings is 1. The van der Waals surface area contributed by atoms with Crippen LogP contribution in [-0.2, 0) is 11.3 Å². The van der Waals surface area contributed by atoms with Gasteiger partial charge in [0.25, 0.3) is 0 Å². The van der Waals surface area contributed by atoms with Crippen molar-refractivity contribution in [2.24, 2.45) is 0 Å². The van der Waals surface area contributed by atoms with Crippen molar-refractivity contribution in [1.29, 1.82) is 0 Å². The van der Waals surface area contributed by atoms with E-state index in [-0.39, 0.29) is 6.54 Å². The number of nitrogens with zero attached hydrogens (tertiary/aromatic N) is 1.